The van der Waals surface area contributed by atoms with E-state index in [9.17, 15) is 18.4 Å². The Balaban J connectivity index is 1.53. The van der Waals surface area contributed by atoms with Crippen LogP contribution in [0.15, 0.2) is 22.7 Å². The number of rotatable bonds is 3. The molecule has 3 amide bonds. The standard InChI is InChI=1S/C17H16F2N4O3/c18-11-5-4-10(8-12(11)19)14-20-13(26-22-14)9-23-15(24)17(21-16(23)25)6-2-1-3-7-17/h4-5,8H,1-3,6-7,9H2,(H,21,25). The van der Waals surface area contributed by atoms with Crippen molar-refractivity contribution in [2.24, 2.45) is 0 Å². The smallest absolute Gasteiger partial charge is 0.325 e. The number of carbonyl (C=O) groups is 2. The Morgan fingerprint density at radius 3 is 2.65 bits per heavy atom. The van der Waals surface area contributed by atoms with Crippen molar-refractivity contribution in [3.8, 4) is 11.4 Å². The molecule has 2 aromatic rings. The number of carbonyl (C=O) groups excluding carboxylic acids is 2. The van der Waals surface area contributed by atoms with Gasteiger partial charge in [0.25, 0.3) is 5.91 Å². The normalized spacial score (nSPS) is 19.2. The molecule has 0 unspecified atom stereocenters. The summed E-state index contributed by atoms with van der Waals surface area (Å²) >= 11 is 0. The summed E-state index contributed by atoms with van der Waals surface area (Å²) in [6, 6.07) is 2.75. The lowest BCUT2D eigenvalue weighted by Gasteiger charge is -2.30. The van der Waals surface area contributed by atoms with E-state index in [1.54, 1.807) is 0 Å². The first-order chi connectivity index (χ1) is 12.5. The number of benzene rings is 1. The van der Waals surface area contributed by atoms with Gasteiger partial charge in [0.2, 0.25) is 11.7 Å². The van der Waals surface area contributed by atoms with Crippen LogP contribution < -0.4 is 5.32 Å². The van der Waals surface area contributed by atoms with Crippen LogP contribution in [-0.2, 0) is 11.3 Å². The minimum absolute atomic E-state index is 0.0427. The summed E-state index contributed by atoms with van der Waals surface area (Å²) in [6.07, 6.45) is 4.07. The van der Waals surface area contributed by atoms with Crippen molar-refractivity contribution in [3.05, 3.63) is 35.7 Å². The first-order valence-electron chi connectivity index (χ1n) is 8.41. The molecule has 4 rings (SSSR count). The molecule has 1 N–H and O–H groups in total. The second kappa shape index (κ2) is 6.15. The predicted molar refractivity (Wildman–Crippen MR) is 84.5 cm³/mol. The van der Waals surface area contributed by atoms with Crippen LogP contribution in [0, 0.1) is 11.6 Å². The van der Waals surface area contributed by atoms with Crippen LogP contribution >= 0.6 is 0 Å². The zero-order chi connectivity index (χ0) is 18.3. The van der Waals surface area contributed by atoms with Gasteiger partial charge in [-0.25, -0.2) is 13.6 Å². The summed E-state index contributed by atoms with van der Waals surface area (Å²) in [7, 11) is 0. The highest BCUT2D eigenvalue weighted by Gasteiger charge is 2.51. The largest absolute Gasteiger partial charge is 0.337 e. The third kappa shape index (κ3) is 2.73. The average molecular weight is 362 g/mol. The van der Waals surface area contributed by atoms with Gasteiger partial charge in [-0.2, -0.15) is 4.98 Å². The number of nitrogens with one attached hydrogen (secondary N) is 1. The van der Waals surface area contributed by atoms with E-state index in [1.165, 1.54) is 6.07 Å². The van der Waals surface area contributed by atoms with Crippen molar-refractivity contribution >= 4 is 11.9 Å². The van der Waals surface area contributed by atoms with Crippen LogP contribution in [0.5, 0.6) is 0 Å². The molecule has 1 aliphatic heterocycles. The van der Waals surface area contributed by atoms with Gasteiger partial charge in [-0.15, -0.1) is 0 Å². The zero-order valence-electron chi connectivity index (χ0n) is 13.8. The highest BCUT2D eigenvalue weighted by Crippen LogP contribution is 2.34. The third-order valence-electron chi connectivity index (χ3n) is 4.89. The molecule has 7 nitrogen and oxygen atoms in total. The van der Waals surface area contributed by atoms with Gasteiger partial charge in [-0.3, -0.25) is 9.69 Å². The molecule has 0 radical (unpaired) electrons. The molecule has 9 heteroatoms. The number of nitrogens with zero attached hydrogens (tertiary/aromatic N) is 3. The minimum atomic E-state index is -1.03. The van der Waals surface area contributed by atoms with E-state index in [1.807, 2.05) is 0 Å². The van der Waals surface area contributed by atoms with E-state index in [-0.39, 0.29) is 29.7 Å². The maximum Gasteiger partial charge on any atom is 0.325 e. The van der Waals surface area contributed by atoms with Crippen LogP contribution in [0.2, 0.25) is 0 Å². The van der Waals surface area contributed by atoms with Crippen molar-refractivity contribution < 1.29 is 22.9 Å². The highest BCUT2D eigenvalue weighted by atomic mass is 19.2. The number of hydrogen-bond donors (Lipinski definition) is 1. The predicted octanol–water partition coefficient (Wildman–Crippen LogP) is 2.77. The molecule has 1 aromatic carbocycles. The maximum atomic E-state index is 13.3. The lowest BCUT2D eigenvalue weighted by Crippen LogP contribution is -2.48. The van der Waals surface area contributed by atoms with E-state index >= 15 is 0 Å². The zero-order valence-corrected chi connectivity index (χ0v) is 13.8. The Hall–Kier alpha value is -2.84. The molecule has 0 bridgehead atoms. The van der Waals surface area contributed by atoms with Gasteiger partial charge in [-0.05, 0) is 31.0 Å². The van der Waals surface area contributed by atoms with E-state index < -0.39 is 23.2 Å². The van der Waals surface area contributed by atoms with Crippen molar-refractivity contribution in [1.82, 2.24) is 20.4 Å². The summed E-state index contributed by atoms with van der Waals surface area (Å²) < 4.78 is 31.4. The highest BCUT2D eigenvalue weighted by molar-refractivity contribution is 6.06. The van der Waals surface area contributed by atoms with Gasteiger partial charge in [0.05, 0.1) is 0 Å². The van der Waals surface area contributed by atoms with Crippen molar-refractivity contribution in [3.63, 3.8) is 0 Å². The van der Waals surface area contributed by atoms with E-state index in [2.05, 4.69) is 15.5 Å². The Bertz CT molecular complexity index is 877. The number of imide groups is 1. The summed E-state index contributed by atoms with van der Waals surface area (Å²) in [5, 5.41) is 6.51. The Labute approximate surface area is 147 Å². The number of amides is 3. The minimum Gasteiger partial charge on any atom is -0.337 e. The molecule has 136 valence electrons. The first-order valence-corrected chi connectivity index (χ1v) is 8.41. The Kier molecular flexibility index (Phi) is 3.93. The molecule has 0 atom stereocenters. The molecular weight excluding hydrogens is 346 g/mol. The molecule has 1 spiro atoms. The number of aromatic nitrogens is 2. The molecule has 2 aliphatic rings. The first kappa shape index (κ1) is 16.6. The van der Waals surface area contributed by atoms with Gasteiger partial charge >= 0.3 is 6.03 Å². The Morgan fingerprint density at radius 2 is 1.92 bits per heavy atom. The Morgan fingerprint density at radius 1 is 1.15 bits per heavy atom. The van der Waals surface area contributed by atoms with Gasteiger partial charge in [0, 0.05) is 5.56 Å². The van der Waals surface area contributed by atoms with Crippen LogP contribution in [0.3, 0.4) is 0 Å². The summed E-state index contributed by atoms with van der Waals surface area (Å²) in [5.74, 6) is -2.19. The molecule has 2 fully saturated rings. The molecule has 1 aromatic heterocycles. The fraction of sp³-hybridized carbons (Fsp3) is 0.412. The van der Waals surface area contributed by atoms with Crippen LogP contribution in [-0.4, -0.2) is 32.5 Å². The van der Waals surface area contributed by atoms with Crippen molar-refractivity contribution in [2.75, 3.05) is 0 Å². The number of urea groups is 1. The molecule has 1 aliphatic carbocycles. The molecule has 1 saturated heterocycles. The van der Waals surface area contributed by atoms with Crippen LogP contribution in [0.25, 0.3) is 11.4 Å². The fourth-order valence-electron chi connectivity index (χ4n) is 3.52. The van der Waals surface area contributed by atoms with E-state index in [0.29, 0.717) is 12.8 Å². The average Bonchev–Trinajstić information content (AvgIpc) is 3.18. The lowest BCUT2D eigenvalue weighted by atomic mass is 9.82. The van der Waals surface area contributed by atoms with Gasteiger partial charge in [0.15, 0.2) is 11.6 Å². The topological polar surface area (TPSA) is 88.3 Å². The second-order valence-electron chi connectivity index (χ2n) is 6.60. The summed E-state index contributed by atoms with van der Waals surface area (Å²) in [5.41, 5.74) is -0.585. The number of hydrogen-bond acceptors (Lipinski definition) is 5. The molecular formula is C17H16F2N4O3. The second-order valence-corrected chi connectivity index (χ2v) is 6.60. The van der Waals surface area contributed by atoms with Gasteiger partial charge < -0.3 is 9.84 Å². The third-order valence-corrected chi connectivity index (χ3v) is 4.89. The van der Waals surface area contributed by atoms with Crippen LogP contribution in [0.1, 0.15) is 38.0 Å². The van der Waals surface area contributed by atoms with E-state index in [0.717, 1.165) is 36.3 Å². The van der Waals surface area contributed by atoms with Crippen LogP contribution in [0.4, 0.5) is 13.6 Å². The molecule has 1 saturated carbocycles. The van der Waals surface area contributed by atoms with Crippen molar-refractivity contribution in [2.45, 2.75) is 44.2 Å². The van der Waals surface area contributed by atoms with Gasteiger partial charge in [0.1, 0.15) is 12.1 Å². The molecule has 2 heterocycles. The number of halogens is 2. The monoisotopic (exact) mass is 362 g/mol. The van der Waals surface area contributed by atoms with Crippen molar-refractivity contribution in [1.29, 1.82) is 0 Å². The quantitative estimate of drug-likeness (QED) is 0.848. The molecule has 26 heavy (non-hydrogen) atoms. The maximum absolute atomic E-state index is 13.3. The SMILES string of the molecule is O=C1NC2(CCCCC2)C(=O)N1Cc1nc(-c2ccc(F)c(F)c2)no1. The van der Waals surface area contributed by atoms with E-state index in [4.69, 9.17) is 4.52 Å². The fourth-order valence-corrected chi connectivity index (χ4v) is 3.52. The van der Waals surface area contributed by atoms with Gasteiger partial charge in [-0.1, -0.05) is 24.4 Å². The summed E-state index contributed by atoms with van der Waals surface area (Å²) in [6.45, 7) is -0.164. The summed E-state index contributed by atoms with van der Waals surface area (Å²) in [4.78, 5) is 30.1. The lowest BCUT2D eigenvalue weighted by molar-refractivity contribution is -0.133.